The van der Waals surface area contributed by atoms with Gasteiger partial charge in [0, 0.05) is 37.0 Å². The van der Waals surface area contributed by atoms with Gasteiger partial charge >= 0.3 is 6.03 Å². The molecule has 190 valence electrons. The number of Topliss-reactive ketones (excluding diaryl/α,β-unsaturated/α-hetero) is 1. The van der Waals surface area contributed by atoms with Crippen LogP contribution in [0.3, 0.4) is 0 Å². The number of fused-ring (bicyclic) bond motifs is 1. The SMILES string of the molecule is CC(C)(C)[S+]([O-])N[C@]1(CC(=O)C2C(=O)NC(=O)N(C3CCOCC3)C2=O)CCc2ccc(F)cc21. The zero-order chi connectivity index (χ0) is 25.5. The lowest BCUT2D eigenvalue weighted by atomic mass is 9.83. The molecule has 35 heavy (non-hydrogen) atoms. The van der Waals surface area contributed by atoms with E-state index < -0.39 is 63.1 Å². The summed E-state index contributed by atoms with van der Waals surface area (Å²) in [6.07, 6.45) is 1.32. The lowest BCUT2D eigenvalue weighted by molar-refractivity contribution is -0.150. The molecule has 2 N–H and O–H groups in total. The number of nitrogens with zero attached hydrogens (tertiary/aromatic N) is 1. The van der Waals surface area contributed by atoms with Crippen molar-refractivity contribution in [1.82, 2.24) is 14.9 Å². The molecule has 2 heterocycles. The first-order valence-electron chi connectivity index (χ1n) is 11.7. The Morgan fingerprint density at radius 2 is 1.97 bits per heavy atom. The van der Waals surface area contributed by atoms with Gasteiger partial charge in [-0.3, -0.25) is 24.6 Å². The van der Waals surface area contributed by atoms with Crippen LogP contribution < -0.4 is 10.0 Å². The molecule has 0 radical (unpaired) electrons. The van der Waals surface area contributed by atoms with E-state index in [9.17, 15) is 28.1 Å². The number of ether oxygens (including phenoxy) is 1. The summed E-state index contributed by atoms with van der Waals surface area (Å²) in [6, 6.07) is 2.95. The maximum absolute atomic E-state index is 14.2. The van der Waals surface area contributed by atoms with Gasteiger partial charge in [0.1, 0.15) is 10.6 Å². The van der Waals surface area contributed by atoms with Gasteiger partial charge in [0.25, 0.3) is 5.91 Å². The van der Waals surface area contributed by atoms with E-state index in [1.54, 1.807) is 26.8 Å². The summed E-state index contributed by atoms with van der Waals surface area (Å²) < 4.78 is 35.0. The number of barbiturate groups is 1. The molecule has 2 aliphatic heterocycles. The van der Waals surface area contributed by atoms with Crippen molar-refractivity contribution in [3.63, 3.8) is 0 Å². The molecule has 0 aromatic heterocycles. The molecule has 3 atom stereocenters. The molecule has 9 nitrogen and oxygen atoms in total. The number of rotatable bonds is 6. The number of carbonyl (C=O) groups excluding carboxylic acids is 4. The van der Waals surface area contributed by atoms with Crippen LogP contribution in [0.5, 0.6) is 0 Å². The van der Waals surface area contributed by atoms with E-state index in [4.69, 9.17) is 4.74 Å². The van der Waals surface area contributed by atoms with Crippen molar-refractivity contribution in [2.24, 2.45) is 5.92 Å². The summed E-state index contributed by atoms with van der Waals surface area (Å²) >= 11 is -1.62. The third-order valence-corrected chi connectivity index (χ3v) is 8.49. The first kappa shape index (κ1) is 25.7. The topological polar surface area (TPSA) is 128 Å². The van der Waals surface area contributed by atoms with E-state index in [2.05, 4.69) is 10.0 Å². The summed E-state index contributed by atoms with van der Waals surface area (Å²) in [7, 11) is 0. The molecule has 0 saturated carbocycles. The van der Waals surface area contributed by atoms with Crippen molar-refractivity contribution in [2.75, 3.05) is 13.2 Å². The predicted molar refractivity (Wildman–Crippen MR) is 125 cm³/mol. The van der Waals surface area contributed by atoms with Crippen LogP contribution in [-0.4, -0.2) is 57.1 Å². The van der Waals surface area contributed by atoms with E-state index >= 15 is 0 Å². The second-order valence-electron chi connectivity index (χ2n) is 10.3. The molecule has 4 rings (SSSR count). The first-order valence-corrected chi connectivity index (χ1v) is 12.8. The van der Waals surface area contributed by atoms with Crippen LogP contribution >= 0.6 is 0 Å². The third kappa shape index (κ3) is 5.00. The smallest absolute Gasteiger partial charge is 0.331 e. The number of imide groups is 2. The van der Waals surface area contributed by atoms with Gasteiger partial charge in [0.2, 0.25) is 5.91 Å². The van der Waals surface area contributed by atoms with E-state index in [1.165, 1.54) is 12.1 Å². The summed E-state index contributed by atoms with van der Waals surface area (Å²) in [4.78, 5) is 53.0. The first-order chi connectivity index (χ1) is 16.4. The van der Waals surface area contributed by atoms with Crippen LogP contribution in [0.1, 0.15) is 57.6 Å². The highest BCUT2D eigenvalue weighted by atomic mass is 32.2. The Labute approximate surface area is 206 Å². The summed E-state index contributed by atoms with van der Waals surface area (Å²) in [5, 5.41) is 2.14. The minimum absolute atomic E-state index is 0.338. The van der Waals surface area contributed by atoms with Crippen LogP contribution in [0.2, 0.25) is 0 Å². The van der Waals surface area contributed by atoms with Gasteiger partial charge in [0.15, 0.2) is 11.7 Å². The lowest BCUT2D eigenvalue weighted by Gasteiger charge is -2.38. The number of aryl methyl sites for hydroxylation is 1. The molecule has 2 unspecified atom stereocenters. The molecule has 2 saturated heterocycles. The maximum Gasteiger partial charge on any atom is 0.331 e. The van der Waals surface area contributed by atoms with Crippen LogP contribution in [0.4, 0.5) is 9.18 Å². The summed E-state index contributed by atoms with van der Waals surface area (Å²) in [5.74, 6) is -4.77. The van der Waals surface area contributed by atoms with Gasteiger partial charge in [0.05, 0.1) is 5.54 Å². The number of ketones is 1. The molecule has 3 aliphatic rings. The van der Waals surface area contributed by atoms with Gasteiger partial charge in [-0.25, -0.2) is 9.18 Å². The van der Waals surface area contributed by atoms with Gasteiger partial charge < -0.3 is 9.29 Å². The predicted octanol–water partition coefficient (Wildman–Crippen LogP) is 1.85. The molecular weight excluding hydrogens is 477 g/mol. The minimum Gasteiger partial charge on any atom is -0.598 e. The van der Waals surface area contributed by atoms with Crippen molar-refractivity contribution >= 4 is 35.0 Å². The summed E-state index contributed by atoms with van der Waals surface area (Å²) in [6.45, 7) is 6.03. The largest absolute Gasteiger partial charge is 0.598 e. The minimum atomic E-state index is -1.71. The van der Waals surface area contributed by atoms with Crippen LogP contribution in [0.25, 0.3) is 0 Å². The molecule has 0 bridgehead atoms. The quantitative estimate of drug-likeness (QED) is 0.444. The van der Waals surface area contributed by atoms with Crippen molar-refractivity contribution < 1.29 is 32.9 Å². The molecule has 1 aromatic carbocycles. The highest BCUT2D eigenvalue weighted by molar-refractivity contribution is 7.90. The number of carbonyl (C=O) groups is 4. The third-order valence-electron chi connectivity index (χ3n) is 6.80. The average molecular weight is 508 g/mol. The van der Waals surface area contributed by atoms with Gasteiger partial charge in [-0.2, -0.15) is 0 Å². The zero-order valence-corrected chi connectivity index (χ0v) is 20.8. The molecule has 2 fully saturated rings. The number of hydrogen-bond acceptors (Lipinski definition) is 7. The number of urea groups is 1. The Morgan fingerprint density at radius 1 is 1.29 bits per heavy atom. The van der Waals surface area contributed by atoms with Crippen LogP contribution in [0, 0.1) is 11.7 Å². The van der Waals surface area contributed by atoms with Crippen molar-refractivity contribution in [3.05, 3.63) is 35.1 Å². The molecule has 0 spiro atoms. The number of nitrogens with one attached hydrogen (secondary N) is 2. The van der Waals surface area contributed by atoms with E-state index in [0.29, 0.717) is 44.5 Å². The number of hydrogen-bond donors (Lipinski definition) is 2. The normalized spacial score (nSPS) is 26.5. The Balaban J connectivity index is 1.65. The van der Waals surface area contributed by atoms with Gasteiger partial charge in [-0.15, -0.1) is 4.72 Å². The highest BCUT2D eigenvalue weighted by Crippen LogP contribution is 2.42. The second kappa shape index (κ2) is 9.61. The Kier molecular flexibility index (Phi) is 7.07. The number of benzene rings is 1. The zero-order valence-electron chi connectivity index (χ0n) is 20.0. The van der Waals surface area contributed by atoms with Crippen LogP contribution in [0.15, 0.2) is 18.2 Å². The Hall–Kier alpha value is -2.34. The van der Waals surface area contributed by atoms with Gasteiger partial charge in [-0.1, -0.05) is 6.07 Å². The fraction of sp³-hybridized carbons (Fsp3) is 0.583. The molecule has 1 aromatic rings. The van der Waals surface area contributed by atoms with Crippen molar-refractivity contribution in [2.45, 2.75) is 69.2 Å². The summed E-state index contributed by atoms with van der Waals surface area (Å²) in [5.41, 5.74) is 0.0681. The average Bonchev–Trinajstić information content (AvgIpc) is 3.10. The maximum atomic E-state index is 14.2. The van der Waals surface area contributed by atoms with Crippen molar-refractivity contribution in [3.8, 4) is 0 Å². The van der Waals surface area contributed by atoms with E-state index in [0.717, 1.165) is 10.5 Å². The lowest BCUT2D eigenvalue weighted by Crippen LogP contribution is -2.63. The Morgan fingerprint density at radius 3 is 2.63 bits per heavy atom. The standard InChI is InChI=1S/C24H30FN3O6S/c1-23(2,3)35(33)27-24(9-6-14-4-5-15(25)12-17(14)24)13-18(29)19-20(30)26-22(32)28(21(19)31)16-7-10-34-11-8-16/h4-5,12,16,19,27H,6-11,13H2,1-3H3,(H,26,30,32)/t19?,24-,35?/m0/s1. The molecule has 1 aliphatic carbocycles. The molecule has 4 amide bonds. The Bertz CT molecular complexity index is 1050. The van der Waals surface area contributed by atoms with Crippen LogP contribution in [-0.2, 0) is 42.4 Å². The highest BCUT2D eigenvalue weighted by Gasteiger charge is 2.52. The number of amides is 4. The molecular formula is C24H30FN3O6S. The fourth-order valence-corrected chi connectivity index (χ4v) is 5.86. The monoisotopic (exact) mass is 507 g/mol. The second-order valence-corrected chi connectivity index (χ2v) is 12.3. The van der Waals surface area contributed by atoms with E-state index in [1.807, 2.05) is 0 Å². The fourth-order valence-electron chi connectivity index (χ4n) is 4.91. The molecule has 11 heteroatoms. The number of halogens is 1. The van der Waals surface area contributed by atoms with E-state index in [-0.39, 0.29) is 6.42 Å². The van der Waals surface area contributed by atoms with Gasteiger partial charge in [-0.05, 0) is 69.7 Å². The van der Waals surface area contributed by atoms with Crippen molar-refractivity contribution in [1.29, 1.82) is 0 Å².